The van der Waals surface area contributed by atoms with Gasteiger partial charge in [-0.3, -0.25) is 0 Å². The van der Waals surface area contributed by atoms with Crippen molar-refractivity contribution in [1.29, 1.82) is 0 Å². The summed E-state index contributed by atoms with van der Waals surface area (Å²) in [5.74, 6) is 0.692. The minimum atomic E-state index is -0.126. The van der Waals surface area contributed by atoms with E-state index in [1.807, 2.05) is 6.07 Å². The van der Waals surface area contributed by atoms with E-state index < -0.39 is 0 Å². The second-order valence-electron chi connectivity index (χ2n) is 17.7. The van der Waals surface area contributed by atoms with Gasteiger partial charge < -0.3 is 4.42 Å². The molecule has 2 heterocycles. The lowest BCUT2D eigenvalue weighted by Gasteiger charge is -2.22. The number of furan rings is 1. The van der Waals surface area contributed by atoms with E-state index in [0.29, 0.717) is 5.82 Å². The lowest BCUT2D eigenvalue weighted by Crippen LogP contribution is -2.14. The maximum Gasteiger partial charge on any atom is 0.160 e. The van der Waals surface area contributed by atoms with Crippen LogP contribution in [-0.2, 0) is 5.41 Å². The van der Waals surface area contributed by atoms with E-state index in [9.17, 15) is 0 Å². The van der Waals surface area contributed by atoms with Crippen LogP contribution in [0, 0.1) is 0 Å². The van der Waals surface area contributed by atoms with Gasteiger partial charge in [0.05, 0.1) is 11.4 Å². The van der Waals surface area contributed by atoms with Crippen molar-refractivity contribution in [2.45, 2.75) is 19.3 Å². The first-order valence-corrected chi connectivity index (χ1v) is 22.0. The third-order valence-electron chi connectivity index (χ3n) is 13.6. The van der Waals surface area contributed by atoms with Crippen molar-refractivity contribution in [2.24, 2.45) is 0 Å². The first-order chi connectivity index (χ1) is 31.4. The highest BCUT2D eigenvalue weighted by molar-refractivity contribution is 6.12. The predicted molar refractivity (Wildman–Crippen MR) is 267 cm³/mol. The van der Waals surface area contributed by atoms with Gasteiger partial charge in [-0.15, -0.1) is 0 Å². The summed E-state index contributed by atoms with van der Waals surface area (Å²) in [6, 6.07) is 74.3. The van der Waals surface area contributed by atoms with E-state index in [4.69, 9.17) is 14.4 Å². The Morgan fingerprint density at radius 2 is 0.953 bits per heavy atom. The zero-order valence-electron chi connectivity index (χ0n) is 35.4. The summed E-state index contributed by atoms with van der Waals surface area (Å²) in [7, 11) is 0. The summed E-state index contributed by atoms with van der Waals surface area (Å²) in [6.07, 6.45) is 0. The summed E-state index contributed by atoms with van der Waals surface area (Å²) >= 11 is 0. The SMILES string of the molecule is CC1(C)c2cc3ccccc3cc2-c2c(-c3ccc(-c4cc(-c5cccc(-c6ccc7oc8cc9ccccc9cc8c7c6)c5)nc(-c5ccccc5)n4)c4ccccc34)cccc21. The number of aromatic nitrogens is 2. The van der Waals surface area contributed by atoms with Gasteiger partial charge in [0.25, 0.3) is 0 Å². The van der Waals surface area contributed by atoms with Crippen LogP contribution in [0.1, 0.15) is 25.0 Å². The van der Waals surface area contributed by atoms with Crippen LogP contribution in [0.5, 0.6) is 0 Å². The molecule has 0 unspecified atom stereocenters. The Kier molecular flexibility index (Phi) is 7.95. The van der Waals surface area contributed by atoms with Crippen LogP contribution in [0.3, 0.4) is 0 Å². The molecule has 0 spiro atoms. The molecule has 10 aromatic carbocycles. The summed E-state index contributed by atoms with van der Waals surface area (Å²) < 4.78 is 6.36. The number of rotatable bonds is 5. The highest BCUT2D eigenvalue weighted by Gasteiger charge is 2.37. The van der Waals surface area contributed by atoms with Gasteiger partial charge in [0.1, 0.15) is 11.2 Å². The van der Waals surface area contributed by atoms with Crippen LogP contribution in [-0.4, -0.2) is 9.97 Å². The molecular weight excluding hydrogens is 777 g/mol. The monoisotopic (exact) mass is 816 g/mol. The van der Waals surface area contributed by atoms with E-state index in [-0.39, 0.29) is 5.41 Å². The summed E-state index contributed by atoms with van der Waals surface area (Å²) in [5, 5.41) is 9.50. The van der Waals surface area contributed by atoms with Crippen molar-refractivity contribution in [3.05, 3.63) is 217 Å². The summed E-state index contributed by atoms with van der Waals surface area (Å²) in [6.45, 7) is 4.73. The van der Waals surface area contributed by atoms with E-state index in [0.717, 1.165) is 66.5 Å². The van der Waals surface area contributed by atoms with Crippen molar-refractivity contribution in [2.75, 3.05) is 0 Å². The number of hydrogen-bond donors (Lipinski definition) is 0. The van der Waals surface area contributed by atoms with Crippen molar-refractivity contribution in [1.82, 2.24) is 9.97 Å². The first-order valence-electron chi connectivity index (χ1n) is 22.0. The van der Waals surface area contributed by atoms with Crippen molar-refractivity contribution in [3.8, 4) is 67.3 Å². The average Bonchev–Trinajstić information content (AvgIpc) is 3.81. The van der Waals surface area contributed by atoms with Gasteiger partial charge in [-0.25, -0.2) is 9.97 Å². The van der Waals surface area contributed by atoms with Crippen LogP contribution in [0.25, 0.3) is 122 Å². The topological polar surface area (TPSA) is 38.9 Å². The van der Waals surface area contributed by atoms with Crippen LogP contribution in [0.15, 0.2) is 211 Å². The Labute approximate surface area is 371 Å². The average molecular weight is 817 g/mol. The Hall–Kier alpha value is -8.14. The van der Waals surface area contributed by atoms with Crippen LogP contribution in [0.4, 0.5) is 0 Å². The Morgan fingerprint density at radius 3 is 1.77 bits per heavy atom. The van der Waals surface area contributed by atoms with Crippen molar-refractivity contribution >= 4 is 54.3 Å². The zero-order chi connectivity index (χ0) is 42.5. The van der Waals surface area contributed by atoms with Gasteiger partial charge in [-0.05, 0) is 125 Å². The number of benzene rings is 10. The minimum absolute atomic E-state index is 0.126. The van der Waals surface area contributed by atoms with E-state index in [1.54, 1.807) is 0 Å². The fourth-order valence-corrected chi connectivity index (χ4v) is 10.4. The predicted octanol–water partition coefficient (Wildman–Crippen LogP) is 16.5. The largest absolute Gasteiger partial charge is 0.456 e. The molecule has 0 bridgehead atoms. The van der Waals surface area contributed by atoms with Gasteiger partial charge >= 0.3 is 0 Å². The molecule has 0 saturated carbocycles. The fraction of sp³-hybridized carbons (Fsp3) is 0.0492. The molecule has 3 heteroatoms. The molecule has 0 saturated heterocycles. The van der Waals surface area contributed by atoms with Crippen molar-refractivity contribution < 1.29 is 4.42 Å². The number of hydrogen-bond acceptors (Lipinski definition) is 3. The summed E-state index contributed by atoms with van der Waals surface area (Å²) in [5.41, 5.74) is 16.6. The van der Waals surface area contributed by atoms with Gasteiger partial charge in [-0.2, -0.15) is 0 Å². The van der Waals surface area contributed by atoms with Gasteiger partial charge in [0.15, 0.2) is 5.82 Å². The highest BCUT2D eigenvalue weighted by atomic mass is 16.3. The molecule has 1 aliphatic carbocycles. The molecule has 0 fully saturated rings. The molecule has 0 aliphatic heterocycles. The second-order valence-corrected chi connectivity index (χ2v) is 17.7. The quantitative estimate of drug-likeness (QED) is 0.174. The molecule has 0 atom stereocenters. The lowest BCUT2D eigenvalue weighted by atomic mass is 9.81. The minimum Gasteiger partial charge on any atom is -0.456 e. The summed E-state index contributed by atoms with van der Waals surface area (Å²) in [4.78, 5) is 10.6. The van der Waals surface area contributed by atoms with E-state index in [1.165, 1.54) is 60.3 Å². The lowest BCUT2D eigenvalue weighted by molar-refractivity contribution is 0.661. The number of fused-ring (bicyclic) bond motifs is 9. The fourth-order valence-electron chi connectivity index (χ4n) is 10.4. The number of nitrogens with zero attached hydrogens (tertiary/aromatic N) is 2. The molecule has 0 radical (unpaired) electrons. The molecule has 1 aliphatic rings. The van der Waals surface area contributed by atoms with Crippen LogP contribution >= 0.6 is 0 Å². The maximum atomic E-state index is 6.36. The van der Waals surface area contributed by atoms with Crippen LogP contribution in [0.2, 0.25) is 0 Å². The molecule has 0 N–H and O–H groups in total. The second kappa shape index (κ2) is 13.9. The maximum absolute atomic E-state index is 6.36. The highest BCUT2D eigenvalue weighted by Crippen LogP contribution is 2.54. The molecule has 2 aromatic heterocycles. The first kappa shape index (κ1) is 36.5. The van der Waals surface area contributed by atoms with E-state index >= 15 is 0 Å². The van der Waals surface area contributed by atoms with Crippen LogP contribution < -0.4 is 0 Å². The van der Waals surface area contributed by atoms with Gasteiger partial charge in [0.2, 0.25) is 0 Å². The Bertz CT molecular complexity index is 3880. The van der Waals surface area contributed by atoms with Gasteiger partial charge in [-0.1, -0.05) is 172 Å². The Morgan fingerprint density at radius 1 is 0.344 bits per heavy atom. The Balaban J connectivity index is 0.954. The third-order valence-corrected chi connectivity index (χ3v) is 13.6. The molecular formula is C61H40N2O. The molecule has 0 amide bonds. The molecule has 3 nitrogen and oxygen atoms in total. The van der Waals surface area contributed by atoms with Crippen molar-refractivity contribution in [3.63, 3.8) is 0 Å². The third kappa shape index (κ3) is 5.67. The van der Waals surface area contributed by atoms with Gasteiger partial charge in [0, 0.05) is 32.9 Å². The van der Waals surface area contributed by atoms with E-state index in [2.05, 4.69) is 214 Å². The zero-order valence-corrected chi connectivity index (χ0v) is 35.4. The molecule has 300 valence electrons. The normalized spacial score (nSPS) is 13.0. The molecule has 13 rings (SSSR count). The standard InChI is InChI=1S/C61H40N2O/c1-61(2)53-25-13-24-49(59(53)52-33-40-17-6-8-18-41(40)34-54(52)61)47-27-28-48(46-23-11-10-22-45(46)47)56-36-55(62-60(63-56)37-14-4-3-5-15-37)44-21-12-20-38(30-44)43-26-29-57-50(32-43)51-31-39-16-7-9-19-42(39)35-58(51)64-57/h3-36H,1-2H3. The molecule has 64 heavy (non-hydrogen) atoms. The molecule has 12 aromatic rings. The smallest absolute Gasteiger partial charge is 0.160 e.